The quantitative estimate of drug-likeness (QED) is 0.275. The van der Waals surface area contributed by atoms with Gasteiger partial charge in [0.05, 0.1) is 4.92 Å². The van der Waals surface area contributed by atoms with E-state index >= 15 is 0 Å². The van der Waals surface area contributed by atoms with Gasteiger partial charge >= 0.3 is 0 Å². The largest absolute Gasteiger partial charge is 0.355 e. The van der Waals surface area contributed by atoms with Gasteiger partial charge in [0.2, 0.25) is 0 Å². The lowest BCUT2D eigenvalue weighted by Gasteiger charge is -2.01. The van der Waals surface area contributed by atoms with E-state index in [-0.39, 0.29) is 11.3 Å². The molecule has 0 aromatic heterocycles. The van der Waals surface area contributed by atoms with Crippen LogP contribution >= 0.6 is 0 Å². The maximum Gasteiger partial charge on any atom is 0.279 e. The van der Waals surface area contributed by atoms with E-state index in [4.69, 9.17) is 5.53 Å². The number of nitrogens with zero attached hydrogens (tertiary/aromatic N) is 4. The lowest BCUT2D eigenvalue weighted by atomic mass is 10.1. The van der Waals surface area contributed by atoms with Crippen LogP contribution in [0.2, 0.25) is 0 Å². The normalized spacial score (nSPS) is 9.06. The Bertz CT molecular complexity index is 492. The van der Waals surface area contributed by atoms with Crippen LogP contribution < -0.4 is 5.32 Å². The molecule has 1 aromatic rings. The van der Waals surface area contributed by atoms with Gasteiger partial charge in [-0.05, 0) is 17.7 Å². The van der Waals surface area contributed by atoms with E-state index in [0.717, 1.165) is 6.07 Å². The van der Waals surface area contributed by atoms with Gasteiger partial charge in [0.1, 0.15) is 5.69 Å². The third-order valence-electron chi connectivity index (χ3n) is 1.81. The van der Waals surface area contributed by atoms with Crippen LogP contribution in [0.15, 0.2) is 23.3 Å². The molecule has 0 saturated heterocycles. The second-order valence-electron chi connectivity index (χ2n) is 2.73. The highest BCUT2D eigenvalue weighted by molar-refractivity contribution is 5.95. The molecule has 0 atom stereocenters. The fraction of sp³-hybridized carbons (Fsp3) is 0.125. The minimum atomic E-state index is -0.712. The molecule has 1 rings (SSSR count). The molecule has 8 heteroatoms. The van der Waals surface area contributed by atoms with Gasteiger partial charge in [-0.1, -0.05) is 5.11 Å². The smallest absolute Gasteiger partial charge is 0.279 e. The summed E-state index contributed by atoms with van der Waals surface area (Å²) in [4.78, 5) is 23.6. The number of nitro benzene ring substituents is 1. The van der Waals surface area contributed by atoms with E-state index in [2.05, 4.69) is 15.3 Å². The molecule has 0 fully saturated rings. The Labute approximate surface area is 89.7 Å². The Hall–Kier alpha value is -2.60. The highest BCUT2D eigenvalue weighted by atomic mass is 16.6. The van der Waals surface area contributed by atoms with Crippen LogP contribution in [0.5, 0.6) is 0 Å². The molecular weight excluding hydrogens is 214 g/mol. The average molecular weight is 221 g/mol. The number of amides is 1. The Kier molecular flexibility index (Phi) is 3.41. The van der Waals surface area contributed by atoms with Gasteiger partial charge in [0, 0.05) is 23.6 Å². The maximum absolute atomic E-state index is 11.2. The number of hydrogen-bond donors (Lipinski definition) is 1. The SMILES string of the molecule is CNC(=O)c1ccc(N=[N+]=[N-])c([N+](=O)[O-])c1. The molecular formula is C8H7N5O3. The zero-order valence-electron chi connectivity index (χ0n) is 8.25. The van der Waals surface area contributed by atoms with Crippen LogP contribution in [0.1, 0.15) is 10.4 Å². The van der Waals surface area contributed by atoms with Crippen molar-refractivity contribution in [2.75, 3.05) is 7.05 Å². The van der Waals surface area contributed by atoms with Gasteiger partial charge in [-0.15, -0.1) is 0 Å². The van der Waals surface area contributed by atoms with Crippen LogP contribution in [0.3, 0.4) is 0 Å². The molecule has 0 aliphatic heterocycles. The molecule has 82 valence electrons. The molecule has 1 amide bonds. The Morgan fingerprint density at radius 3 is 2.81 bits per heavy atom. The topological polar surface area (TPSA) is 121 Å². The summed E-state index contributed by atoms with van der Waals surface area (Å²) < 4.78 is 0. The minimum absolute atomic E-state index is 0.125. The van der Waals surface area contributed by atoms with Gasteiger partial charge in [-0.2, -0.15) is 0 Å². The van der Waals surface area contributed by atoms with Crippen molar-refractivity contribution in [3.05, 3.63) is 44.3 Å². The Morgan fingerprint density at radius 2 is 2.31 bits per heavy atom. The highest BCUT2D eigenvalue weighted by Gasteiger charge is 2.15. The molecule has 16 heavy (non-hydrogen) atoms. The number of nitro groups is 1. The fourth-order valence-electron chi connectivity index (χ4n) is 1.09. The number of carbonyl (C=O) groups is 1. The van der Waals surface area contributed by atoms with Crippen LogP contribution in [0.25, 0.3) is 10.4 Å². The van der Waals surface area contributed by atoms with E-state index in [1.165, 1.54) is 19.2 Å². The monoisotopic (exact) mass is 221 g/mol. The summed E-state index contributed by atoms with van der Waals surface area (Å²) in [6.45, 7) is 0. The summed E-state index contributed by atoms with van der Waals surface area (Å²) in [5.74, 6) is -0.449. The maximum atomic E-state index is 11.2. The molecule has 1 N–H and O–H groups in total. The third-order valence-corrected chi connectivity index (χ3v) is 1.81. The van der Waals surface area contributed by atoms with E-state index in [9.17, 15) is 14.9 Å². The van der Waals surface area contributed by atoms with Gasteiger partial charge in [0.25, 0.3) is 11.6 Å². The van der Waals surface area contributed by atoms with Crippen molar-refractivity contribution in [2.24, 2.45) is 5.11 Å². The first-order valence-corrected chi connectivity index (χ1v) is 4.15. The molecule has 0 saturated carbocycles. The summed E-state index contributed by atoms with van der Waals surface area (Å²) >= 11 is 0. The van der Waals surface area contributed by atoms with Crippen LogP contribution in [0.4, 0.5) is 11.4 Å². The summed E-state index contributed by atoms with van der Waals surface area (Å²) in [6.07, 6.45) is 0. The first-order chi connectivity index (χ1) is 7.60. The van der Waals surface area contributed by atoms with Crippen molar-refractivity contribution in [3.8, 4) is 0 Å². The molecule has 0 bridgehead atoms. The summed E-state index contributed by atoms with van der Waals surface area (Å²) in [5, 5.41) is 16.1. The van der Waals surface area contributed by atoms with E-state index in [0.29, 0.717) is 0 Å². The molecule has 0 radical (unpaired) electrons. The van der Waals surface area contributed by atoms with Crippen molar-refractivity contribution in [1.29, 1.82) is 0 Å². The van der Waals surface area contributed by atoms with E-state index in [1.54, 1.807) is 0 Å². The zero-order valence-corrected chi connectivity index (χ0v) is 8.25. The zero-order chi connectivity index (χ0) is 12.1. The highest BCUT2D eigenvalue weighted by Crippen LogP contribution is 2.28. The number of hydrogen-bond acceptors (Lipinski definition) is 4. The summed E-state index contributed by atoms with van der Waals surface area (Å²) in [7, 11) is 1.41. The number of rotatable bonds is 3. The van der Waals surface area contributed by atoms with Crippen LogP contribution in [-0.4, -0.2) is 17.9 Å². The van der Waals surface area contributed by atoms with Crippen molar-refractivity contribution in [2.45, 2.75) is 0 Å². The molecule has 0 aliphatic carbocycles. The summed E-state index contributed by atoms with van der Waals surface area (Å²) in [5.41, 5.74) is 7.81. The Morgan fingerprint density at radius 1 is 1.62 bits per heavy atom. The first-order valence-electron chi connectivity index (χ1n) is 4.15. The second-order valence-corrected chi connectivity index (χ2v) is 2.73. The number of nitrogens with one attached hydrogen (secondary N) is 1. The number of azide groups is 1. The molecule has 0 spiro atoms. The number of carbonyl (C=O) groups excluding carboxylic acids is 1. The minimum Gasteiger partial charge on any atom is -0.355 e. The molecule has 1 aromatic carbocycles. The van der Waals surface area contributed by atoms with E-state index in [1.807, 2.05) is 0 Å². The summed E-state index contributed by atoms with van der Waals surface area (Å²) in [6, 6.07) is 3.63. The molecule has 8 nitrogen and oxygen atoms in total. The number of benzene rings is 1. The van der Waals surface area contributed by atoms with Crippen molar-refractivity contribution in [3.63, 3.8) is 0 Å². The molecule has 0 unspecified atom stereocenters. The second kappa shape index (κ2) is 4.76. The van der Waals surface area contributed by atoms with Gasteiger partial charge in [0.15, 0.2) is 0 Å². The third kappa shape index (κ3) is 2.25. The van der Waals surface area contributed by atoms with E-state index < -0.39 is 16.5 Å². The van der Waals surface area contributed by atoms with Gasteiger partial charge < -0.3 is 5.32 Å². The standard InChI is InChI=1S/C8H7N5O3/c1-10-8(14)5-2-3-6(11-12-9)7(4-5)13(15)16/h2-4H,1H3,(H,10,14). The van der Waals surface area contributed by atoms with Gasteiger partial charge in [-0.3, -0.25) is 14.9 Å². The Balaban J connectivity index is 3.33. The van der Waals surface area contributed by atoms with Gasteiger partial charge in [-0.25, -0.2) is 0 Å². The van der Waals surface area contributed by atoms with Crippen molar-refractivity contribution >= 4 is 17.3 Å². The van der Waals surface area contributed by atoms with Crippen LogP contribution in [-0.2, 0) is 0 Å². The lowest BCUT2D eigenvalue weighted by molar-refractivity contribution is -0.384. The van der Waals surface area contributed by atoms with Crippen molar-refractivity contribution in [1.82, 2.24) is 5.32 Å². The molecule has 0 heterocycles. The average Bonchev–Trinajstić information content (AvgIpc) is 2.28. The van der Waals surface area contributed by atoms with Crippen molar-refractivity contribution < 1.29 is 9.72 Å². The fourth-order valence-corrected chi connectivity index (χ4v) is 1.09. The lowest BCUT2D eigenvalue weighted by Crippen LogP contribution is -2.17. The predicted octanol–water partition coefficient (Wildman–Crippen LogP) is 1.90. The molecule has 0 aliphatic rings. The van der Waals surface area contributed by atoms with Crippen LogP contribution in [0, 0.1) is 10.1 Å². The predicted molar refractivity (Wildman–Crippen MR) is 55.3 cm³/mol. The first kappa shape index (κ1) is 11.5.